The van der Waals surface area contributed by atoms with Gasteiger partial charge in [-0.3, -0.25) is 4.79 Å². The van der Waals surface area contributed by atoms with E-state index in [1.807, 2.05) is 0 Å². The molecule has 3 nitrogen and oxygen atoms in total. The number of carbonyl (C=O) groups is 1. The van der Waals surface area contributed by atoms with Crippen LogP contribution in [-0.4, -0.2) is 10.9 Å². The van der Waals surface area contributed by atoms with Crippen molar-refractivity contribution in [2.75, 3.05) is 5.32 Å². The van der Waals surface area contributed by atoms with Gasteiger partial charge in [-0.2, -0.15) is 0 Å². The van der Waals surface area contributed by atoms with Crippen molar-refractivity contribution in [3.05, 3.63) is 64.4 Å². The minimum atomic E-state index is -0.563. The monoisotopic (exact) mass is 322 g/mol. The van der Waals surface area contributed by atoms with Gasteiger partial charge < -0.3 is 11.1 Å². The summed E-state index contributed by atoms with van der Waals surface area (Å²) in [6.45, 7) is 0. The Morgan fingerprint density at radius 2 is 1.90 bits per heavy atom. The predicted molar refractivity (Wildman–Crippen MR) is 86.1 cm³/mol. The van der Waals surface area contributed by atoms with Crippen LogP contribution in [0.2, 0.25) is 5.02 Å². The zero-order valence-corrected chi connectivity index (χ0v) is 12.5. The van der Waals surface area contributed by atoms with E-state index in [4.69, 9.17) is 29.6 Å². The van der Waals surface area contributed by atoms with Gasteiger partial charge in [-0.05, 0) is 29.8 Å². The zero-order chi connectivity index (χ0) is 15.4. The van der Waals surface area contributed by atoms with Crippen molar-refractivity contribution in [3.63, 3.8) is 0 Å². The van der Waals surface area contributed by atoms with Gasteiger partial charge in [0.25, 0.3) is 0 Å². The standard InChI is InChI=1S/C15H12ClFN2OS/c16-10-6-4-9(5-7-10)8-13(20)19-12-3-1-2-11(17)14(12)15(18)21/h1-7H,8H2,(H2,18,21)(H,19,20). The van der Waals surface area contributed by atoms with E-state index in [-0.39, 0.29) is 28.6 Å². The largest absolute Gasteiger partial charge is 0.389 e. The Bertz CT molecular complexity index is 689. The van der Waals surface area contributed by atoms with Crippen molar-refractivity contribution in [1.29, 1.82) is 0 Å². The third kappa shape index (κ3) is 4.00. The van der Waals surface area contributed by atoms with Gasteiger partial charge >= 0.3 is 0 Å². The second kappa shape index (κ2) is 6.65. The van der Waals surface area contributed by atoms with Gasteiger partial charge in [0.15, 0.2) is 0 Å². The molecule has 0 saturated heterocycles. The molecule has 0 radical (unpaired) electrons. The molecular formula is C15H12ClFN2OS. The van der Waals surface area contributed by atoms with Crippen molar-refractivity contribution in [2.24, 2.45) is 5.73 Å². The molecule has 21 heavy (non-hydrogen) atoms. The van der Waals surface area contributed by atoms with Crippen LogP contribution >= 0.6 is 23.8 Å². The molecule has 0 bridgehead atoms. The highest BCUT2D eigenvalue weighted by Crippen LogP contribution is 2.19. The minimum Gasteiger partial charge on any atom is -0.389 e. The molecule has 0 aliphatic heterocycles. The lowest BCUT2D eigenvalue weighted by atomic mass is 10.1. The molecule has 2 aromatic rings. The van der Waals surface area contributed by atoms with E-state index in [1.54, 1.807) is 30.3 Å². The fourth-order valence-electron chi connectivity index (χ4n) is 1.86. The summed E-state index contributed by atoms with van der Waals surface area (Å²) in [5, 5.41) is 3.21. The molecule has 0 unspecified atom stereocenters. The number of amides is 1. The van der Waals surface area contributed by atoms with Gasteiger partial charge in [0.1, 0.15) is 10.8 Å². The van der Waals surface area contributed by atoms with E-state index >= 15 is 0 Å². The van der Waals surface area contributed by atoms with Crippen LogP contribution < -0.4 is 11.1 Å². The van der Waals surface area contributed by atoms with Crippen LogP contribution in [0.25, 0.3) is 0 Å². The fourth-order valence-corrected chi connectivity index (χ4v) is 2.19. The Kier molecular flexibility index (Phi) is 4.88. The molecule has 0 aliphatic carbocycles. The van der Waals surface area contributed by atoms with Crippen LogP contribution in [0.3, 0.4) is 0 Å². The Morgan fingerprint density at radius 3 is 2.52 bits per heavy atom. The lowest BCUT2D eigenvalue weighted by Crippen LogP contribution is -2.20. The van der Waals surface area contributed by atoms with Crippen molar-refractivity contribution in [1.82, 2.24) is 0 Å². The first-order valence-electron chi connectivity index (χ1n) is 6.10. The zero-order valence-electron chi connectivity index (χ0n) is 10.9. The van der Waals surface area contributed by atoms with Crippen molar-refractivity contribution in [2.45, 2.75) is 6.42 Å². The number of carbonyl (C=O) groups excluding carboxylic acids is 1. The second-order valence-corrected chi connectivity index (χ2v) is 5.25. The van der Waals surface area contributed by atoms with E-state index in [0.717, 1.165) is 5.56 Å². The number of hydrogen-bond acceptors (Lipinski definition) is 2. The van der Waals surface area contributed by atoms with Crippen LogP contribution in [0.4, 0.5) is 10.1 Å². The molecule has 0 heterocycles. The quantitative estimate of drug-likeness (QED) is 0.849. The van der Waals surface area contributed by atoms with Crippen LogP contribution in [-0.2, 0) is 11.2 Å². The van der Waals surface area contributed by atoms with Crippen LogP contribution in [0.15, 0.2) is 42.5 Å². The van der Waals surface area contributed by atoms with Gasteiger partial charge in [-0.1, -0.05) is 42.0 Å². The average molecular weight is 323 g/mol. The number of anilines is 1. The van der Waals surface area contributed by atoms with E-state index in [2.05, 4.69) is 5.32 Å². The Hall–Kier alpha value is -1.98. The Labute approximate surface area is 131 Å². The minimum absolute atomic E-state index is 0.0388. The number of halogens is 2. The molecule has 2 rings (SSSR count). The molecule has 1 amide bonds. The van der Waals surface area contributed by atoms with Gasteiger partial charge in [0, 0.05) is 5.02 Å². The van der Waals surface area contributed by atoms with E-state index in [1.165, 1.54) is 12.1 Å². The Morgan fingerprint density at radius 1 is 1.24 bits per heavy atom. The molecule has 0 spiro atoms. The van der Waals surface area contributed by atoms with Gasteiger partial charge in [0.05, 0.1) is 17.7 Å². The van der Waals surface area contributed by atoms with Crippen molar-refractivity contribution in [3.8, 4) is 0 Å². The molecule has 0 aliphatic rings. The molecular weight excluding hydrogens is 311 g/mol. The topological polar surface area (TPSA) is 55.1 Å². The summed E-state index contributed by atoms with van der Waals surface area (Å²) in [6.07, 6.45) is 0.143. The number of benzene rings is 2. The van der Waals surface area contributed by atoms with E-state index < -0.39 is 5.82 Å². The van der Waals surface area contributed by atoms with Gasteiger partial charge in [-0.25, -0.2) is 4.39 Å². The first-order valence-corrected chi connectivity index (χ1v) is 6.88. The SMILES string of the molecule is NC(=S)c1c(F)cccc1NC(=O)Cc1ccc(Cl)cc1. The second-order valence-electron chi connectivity index (χ2n) is 4.38. The molecule has 108 valence electrons. The fraction of sp³-hybridized carbons (Fsp3) is 0.0667. The molecule has 0 atom stereocenters. The highest BCUT2D eigenvalue weighted by Gasteiger charge is 2.13. The maximum Gasteiger partial charge on any atom is 0.228 e. The summed E-state index contributed by atoms with van der Waals surface area (Å²) in [4.78, 5) is 11.9. The highest BCUT2D eigenvalue weighted by atomic mass is 35.5. The predicted octanol–water partition coefficient (Wildman–Crippen LogP) is 3.29. The van der Waals surface area contributed by atoms with Crippen molar-refractivity contribution < 1.29 is 9.18 Å². The summed E-state index contributed by atoms with van der Waals surface area (Å²) in [6, 6.07) is 11.2. The number of nitrogens with one attached hydrogen (secondary N) is 1. The number of nitrogens with two attached hydrogens (primary N) is 1. The normalized spacial score (nSPS) is 10.2. The molecule has 3 N–H and O–H groups in total. The molecule has 2 aromatic carbocycles. The van der Waals surface area contributed by atoms with E-state index in [0.29, 0.717) is 5.02 Å². The van der Waals surface area contributed by atoms with Crippen LogP contribution in [0.1, 0.15) is 11.1 Å². The van der Waals surface area contributed by atoms with E-state index in [9.17, 15) is 9.18 Å². The van der Waals surface area contributed by atoms with Gasteiger partial charge in [-0.15, -0.1) is 0 Å². The molecule has 6 heteroatoms. The van der Waals surface area contributed by atoms with Crippen LogP contribution in [0.5, 0.6) is 0 Å². The summed E-state index contributed by atoms with van der Waals surface area (Å²) < 4.78 is 13.7. The summed E-state index contributed by atoms with van der Waals surface area (Å²) in [7, 11) is 0. The lowest BCUT2D eigenvalue weighted by molar-refractivity contribution is -0.115. The maximum absolute atomic E-state index is 13.7. The molecule has 0 fully saturated rings. The third-order valence-electron chi connectivity index (χ3n) is 2.81. The number of thiocarbonyl (C=S) groups is 1. The Balaban J connectivity index is 2.15. The smallest absolute Gasteiger partial charge is 0.228 e. The summed E-state index contributed by atoms with van der Waals surface area (Å²) in [5.41, 5.74) is 6.59. The van der Waals surface area contributed by atoms with Crippen molar-refractivity contribution >= 4 is 40.4 Å². The van der Waals surface area contributed by atoms with Crippen LogP contribution in [0, 0.1) is 5.82 Å². The number of hydrogen-bond donors (Lipinski definition) is 2. The van der Waals surface area contributed by atoms with Gasteiger partial charge in [0.2, 0.25) is 5.91 Å². The summed E-state index contributed by atoms with van der Waals surface area (Å²) in [5.74, 6) is -0.854. The summed E-state index contributed by atoms with van der Waals surface area (Å²) >= 11 is 10.6. The molecule has 0 aromatic heterocycles. The average Bonchev–Trinajstić information content (AvgIpc) is 2.41. The number of rotatable bonds is 4. The maximum atomic E-state index is 13.7. The highest BCUT2D eigenvalue weighted by molar-refractivity contribution is 7.80. The molecule has 0 saturated carbocycles. The first kappa shape index (κ1) is 15.4. The lowest BCUT2D eigenvalue weighted by Gasteiger charge is -2.11. The first-order chi connectivity index (χ1) is 9.97. The third-order valence-corrected chi connectivity index (χ3v) is 3.27.